The molecular formula is C14H11F4NO. The second-order valence-electron chi connectivity index (χ2n) is 3.78. The van der Waals surface area contributed by atoms with Crippen LogP contribution in [0.4, 0.5) is 23.2 Å². The lowest BCUT2D eigenvalue weighted by molar-refractivity contribution is 0.340. The fraction of sp³-hybridized carbons (Fsp3) is 0.143. The van der Waals surface area contributed by atoms with Gasteiger partial charge in [0.15, 0.2) is 23.3 Å². The summed E-state index contributed by atoms with van der Waals surface area (Å²) >= 11 is 0. The molecule has 0 aromatic heterocycles. The van der Waals surface area contributed by atoms with Crippen LogP contribution in [0.2, 0.25) is 0 Å². The molecule has 0 fully saturated rings. The van der Waals surface area contributed by atoms with Gasteiger partial charge in [-0.3, -0.25) is 0 Å². The summed E-state index contributed by atoms with van der Waals surface area (Å²) in [4.78, 5) is 0. The number of benzene rings is 2. The van der Waals surface area contributed by atoms with Gasteiger partial charge in [0.25, 0.3) is 0 Å². The average molecular weight is 290 g/mol. The van der Waals surface area contributed by atoms with Crippen LogP contribution in [0.25, 0.3) is 11.1 Å². The molecule has 0 heterocycles. The van der Waals surface area contributed by atoms with Crippen LogP contribution in [0.1, 0.15) is 13.7 Å². The second kappa shape index (κ2) is 5.40. The van der Waals surface area contributed by atoms with Crippen LogP contribution < -0.4 is 10.5 Å². The second-order valence-corrected chi connectivity index (χ2v) is 3.78. The molecule has 2 N–H and O–H groups in total. The zero-order valence-corrected chi connectivity index (χ0v) is 9.81. The SMILES string of the molecule is [2H]C([2H])([2H])C([2H])([2H])Oc1cccc(-c2c(F)c(F)c(N)c(F)c2F)c1. The molecule has 0 radical (unpaired) electrons. The van der Waals surface area contributed by atoms with Crippen LogP contribution in [0, 0.1) is 23.3 Å². The van der Waals surface area contributed by atoms with Crippen LogP contribution in [-0.2, 0) is 0 Å². The number of halogens is 4. The third-order valence-corrected chi connectivity index (χ3v) is 2.59. The summed E-state index contributed by atoms with van der Waals surface area (Å²) in [6, 6.07) is 4.19. The Hall–Kier alpha value is -2.24. The van der Waals surface area contributed by atoms with Gasteiger partial charge in [0.2, 0.25) is 0 Å². The fourth-order valence-corrected chi connectivity index (χ4v) is 1.68. The van der Waals surface area contributed by atoms with E-state index in [-0.39, 0.29) is 0 Å². The van der Waals surface area contributed by atoms with Crippen molar-refractivity contribution in [1.82, 2.24) is 0 Å². The minimum absolute atomic E-state index is 0.397. The van der Waals surface area contributed by atoms with Crippen molar-refractivity contribution in [1.29, 1.82) is 0 Å². The first-order valence-electron chi connectivity index (χ1n) is 7.77. The molecule has 2 aromatic carbocycles. The van der Waals surface area contributed by atoms with Crippen molar-refractivity contribution in [3.05, 3.63) is 47.5 Å². The van der Waals surface area contributed by atoms with Gasteiger partial charge in [0.05, 0.1) is 14.9 Å². The topological polar surface area (TPSA) is 35.2 Å². The van der Waals surface area contributed by atoms with E-state index < -0.39 is 59.2 Å². The Labute approximate surface area is 119 Å². The third kappa shape index (κ3) is 2.29. The summed E-state index contributed by atoms with van der Waals surface area (Å²) in [7, 11) is 0. The number of hydrogen-bond donors (Lipinski definition) is 1. The highest BCUT2D eigenvalue weighted by molar-refractivity contribution is 5.69. The lowest BCUT2D eigenvalue weighted by Gasteiger charge is -2.11. The van der Waals surface area contributed by atoms with Crippen LogP contribution in [-0.4, -0.2) is 6.56 Å². The van der Waals surface area contributed by atoms with Crippen molar-refractivity contribution < 1.29 is 29.2 Å². The molecule has 6 heteroatoms. The number of nitrogens with two attached hydrogens (primary N) is 1. The Bertz CT molecular complexity index is 797. The van der Waals surface area contributed by atoms with Crippen LogP contribution in [0.3, 0.4) is 0 Å². The Morgan fingerprint density at radius 2 is 1.80 bits per heavy atom. The van der Waals surface area contributed by atoms with Crippen LogP contribution in [0.5, 0.6) is 5.75 Å². The summed E-state index contributed by atoms with van der Waals surface area (Å²) in [5.74, 6) is -7.45. The molecule has 2 nitrogen and oxygen atoms in total. The maximum Gasteiger partial charge on any atom is 0.185 e. The van der Waals surface area contributed by atoms with Gasteiger partial charge >= 0.3 is 0 Å². The molecule has 106 valence electrons. The van der Waals surface area contributed by atoms with E-state index in [0.29, 0.717) is 0 Å². The van der Waals surface area contributed by atoms with Crippen molar-refractivity contribution in [3.8, 4) is 16.9 Å². The maximum absolute atomic E-state index is 14.0. The molecule has 0 unspecified atom stereocenters. The first kappa shape index (κ1) is 8.84. The highest BCUT2D eigenvalue weighted by atomic mass is 19.2. The van der Waals surface area contributed by atoms with Gasteiger partial charge in [-0.05, 0) is 24.5 Å². The van der Waals surface area contributed by atoms with Crippen LogP contribution in [0.15, 0.2) is 24.3 Å². The third-order valence-electron chi connectivity index (χ3n) is 2.59. The fourth-order valence-electron chi connectivity index (χ4n) is 1.68. The first-order valence-corrected chi connectivity index (χ1v) is 5.27. The summed E-state index contributed by atoms with van der Waals surface area (Å²) < 4.78 is 95.7. The first-order chi connectivity index (χ1) is 11.4. The predicted molar refractivity (Wildman–Crippen MR) is 67.3 cm³/mol. The van der Waals surface area contributed by atoms with Gasteiger partial charge in [-0.15, -0.1) is 0 Å². The van der Waals surface area contributed by atoms with E-state index in [4.69, 9.17) is 17.3 Å². The maximum atomic E-state index is 14.0. The molecule has 0 amide bonds. The Kier molecular flexibility index (Phi) is 2.39. The lowest BCUT2D eigenvalue weighted by atomic mass is 10.0. The van der Waals surface area contributed by atoms with Crippen molar-refractivity contribution in [3.63, 3.8) is 0 Å². The van der Waals surface area contributed by atoms with Gasteiger partial charge in [-0.25, -0.2) is 17.6 Å². The minimum Gasteiger partial charge on any atom is -0.494 e. The van der Waals surface area contributed by atoms with Crippen molar-refractivity contribution in [2.24, 2.45) is 0 Å². The van der Waals surface area contributed by atoms with Gasteiger partial charge < -0.3 is 10.5 Å². The van der Waals surface area contributed by atoms with Crippen LogP contribution >= 0.6 is 0 Å². The molecule has 0 aliphatic carbocycles. The van der Waals surface area contributed by atoms with Gasteiger partial charge in [0, 0.05) is 4.11 Å². The van der Waals surface area contributed by atoms with Crippen molar-refractivity contribution >= 4 is 5.69 Å². The molecular weight excluding hydrogens is 274 g/mol. The number of ether oxygens (including phenoxy) is 1. The van der Waals surface area contributed by atoms with Gasteiger partial charge in [-0.1, -0.05) is 12.1 Å². The molecule has 0 atom stereocenters. The zero-order valence-electron chi connectivity index (χ0n) is 14.8. The Morgan fingerprint density at radius 3 is 2.40 bits per heavy atom. The molecule has 0 bridgehead atoms. The monoisotopic (exact) mass is 290 g/mol. The number of anilines is 1. The van der Waals surface area contributed by atoms with E-state index in [2.05, 4.69) is 0 Å². The largest absolute Gasteiger partial charge is 0.494 e. The Balaban J connectivity index is 2.55. The van der Waals surface area contributed by atoms with E-state index >= 15 is 0 Å². The Morgan fingerprint density at radius 1 is 1.15 bits per heavy atom. The number of hydrogen-bond acceptors (Lipinski definition) is 2. The summed E-state index contributed by atoms with van der Waals surface area (Å²) in [6.07, 6.45) is 0. The molecule has 2 aromatic rings. The van der Waals surface area contributed by atoms with E-state index in [1.165, 1.54) is 0 Å². The van der Waals surface area contributed by atoms with Gasteiger partial charge in [0.1, 0.15) is 11.4 Å². The summed E-state index contributed by atoms with van der Waals surface area (Å²) in [5.41, 5.74) is 2.13. The van der Waals surface area contributed by atoms with E-state index in [0.717, 1.165) is 24.3 Å². The molecule has 0 aliphatic rings. The molecule has 2 rings (SSSR count). The van der Waals surface area contributed by atoms with Crippen molar-refractivity contribution in [2.75, 3.05) is 12.3 Å². The van der Waals surface area contributed by atoms with Crippen molar-refractivity contribution in [2.45, 2.75) is 6.85 Å². The summed E-state index contributed by atoms with van der Waals surface area (Å²) in [6.45, 7) is -6.24. The lowest BCUT2D eigenvalue weighted by Crippen LogP contribution is -2.05. The van der Waals surface area contributed by atoms with E-state index in [9.17, 15) is 17.6 Å². The molecule has 0 saturated carbocycles. The normalized spacial score (nSPS) is 15.7. The number of nitrogen functional groups attached to an aromatic ring is 1. The highest BCUT2D eigenvalue weighted by Gasteiger charge is 2.24. The average Bonchev–Trinajstić information content (AvgIpc) is 2.50. The molecule has 0 saturated heterocycles. The molecule has 0 spiro atoms. The van der Waals surface area contributed by atoms with E-state index in [1.54, 1.807) is 0 Å². The summed E-state index contributed by atoms with van der Waals surface area (Å²) in [5, 5.41) is 0. The quantitative estimate of drug-likeness (QED) is 0.529. The minimum atomic E-state index is -3.14. The number of rotatable bonds is 3. The molecule has 20 heavy (non-hydrogen) atoms. The van der Waals surface area contributed by atoms with E-state index in [1.807, 2.05) is 0 Å². The molecule has 0 aliphatic heterocycles. The van der Waals surface area contributed by atoms with Gasteiger partial charge in [-0.2, -0.15) is 0 Å². The smallest absolute Gasteiger partial charge is 0.185 e. The highest BCUT2D eigenvalue weighted by Crippen LogP contribution is 2.34. The zero-order chi connectivity index (χ0) is 19.2. The predicted octanol–water partition coefficient (Wildman–Crippen LogP) is 3.89. The standard InChI is InChI=1S/C14H11F4NO/c1-2-20-8-5-3-4-7(6-8)9-10(15)12(17)14(19)13(18)11(9)16/h3-6H,2,19H2,1H3/i1D3,2D2.